The molecule has 0 aliphatic heterocycles. The van der Waals surface area contributed by atoms with Gasteiger partial charge in [0.15, 0.2) is 0 Å². The van der Waals surface area contributed by atoms with Crippen LogP contribution in [0.25, 0.3) is 0 Å². The third-order valence-electron chi connectivity index (χ3n) is 3.83. The van der Waals surface area contributed by atoms with Crippen LogP contribution in [0.15, 0.2) is 72.8 Å². The highest BCUT2D eigenvalue weighted by molar-refractivity contribution is 6.05. The lowest BCUT2D eigenvalue weighted by Crippen LogP contribution is -2.15. The van der Waals surface area contributed by atoms with Gasteiger partial charge in [0.25, 0.3) is 5.91 Å². The Morgan fingerprint density at radius 1 is 1.00 bits per heavy atom. The number of aryl methyl sites for hydroxylation is 1. The van der Waals surface area contributed by atoms with Crippen LogP contribution >= 0.6 is 0 Å². The van der Waals surface area contributed by atoms with Gasteiger partial charge in [0, 0.05) is 16.8 Å². The van der Waals surface area contributed by atoms with Crippen LogP contribution in [0.4, 0.5) is 10.1 Å². The van der Waals surface area contributed by atoms with E-state index >= 15 is 0 Å². The Labute approximate surface area is 146 Å². The van der Waals surface area contributed by atoms with Crippen molar-refractivity contribution >= 4 is 11.6 Å². The minimum Gasteiger partial charge on any atom is -0.489 e. The lowest BCUT2D eigenvalue weighted by atomic mass is 10.1. The minimum absolute atomic E-state index is 0.274. The predicted octanol–water partition coefficient (Wildman–Crippen LogP) is 4.97. The zero-order valence-corrected chi connectivity index (χ0v) is 13.8. The monoisotopic (exact) mass is 335 g/mol. The molecule has 0 unspecified atom stereocenters. The van der Waals surface area contributed by atoms with Gasteiger partial charge in [0.2, 0.25) is 0 Å². The van der Waals surface area contributed by atoms with Crippen molar-refractivity contribution < 1.29 is 13.9 Å². The normalized spacial score (nSPS) is 10.3. The Morgan fingerprint density at radius 2 is 1.72 bits per heavy atom. The number of amides is 1. The number of nitrogens with one attached hydrogen (secondary N) is 1. The molecule has 1 N–H and O–H groups in total. The van der Waals surface area contributed by atoms with Gasteiger partial charge in [-0.25, -0.2) is 4.39 Å². The van der Waals surface area contributed by atoms with Crippen LogP contribution in [0.5, 0.6) is 5.75 Å². The van der Waals surface area contributed by atoms with Crippen molar-refractivity contribution in [2.75, 3.05) is 5.32 Å². The second kappa shape index (κ2) is 7.62. The smallest absolute Gasteiger partial charge is 0.256 e. The first-order chi connectivity index (χ1) is 12.1. The number of carbonyl (C=O) groups is 1. The van der Waals surface area contributed by atoms with Crippen molar-refractivity contribution in [3.8, 4) is 5.75 Å². The fraction of sp³-hybridized carbons (Fsp3) is 0.0952. The van der Waals surface area contributed by atoms with Crippen molar-refractivity contribution in [3.63, 3.8) is 0 Å². The molecule has 0 radical (unpaired) electrons. The van der Waals surface area contributed by atoms with Gasteiger partial charge in [-0.15, -0.1) is 0 Å². The quantitative estimate of drug-likeness (QED) is 0.715. The fourth-order valence-corrected chi connectivity index (χ4v) is 2.41. The van der Waals surface area contributed by atoms with E-state index in [1.165, 1.54) is 6.07 Å². The summed E-state index contributed by atoms with van der Waals surface area (Å²) in [5.41, 5.74) is 2.22. The highest BCUT2D eigenvalue weighted by atomic mass is 19.1. The van der Waals surface area contributed by atoms with E-state index < -0.39 is 0 Å². The minimum atomic E-state index is -0.349. The molecule has 3 aromatic rings. The van der Waals surface area contributed by atoms with Crippen LogP contribution < -0.4 is 10.1 Å². The summed E-state index contributed by atoms with van der Waals surface area (Å²) in [6.07, 6.45) is 0. The number of halogens is 1. The molecule has 0 fully saturated rings. The van der Waals surface area contributed by atoms with E-state index in [2.05, 4.69) is 5.32 Å². The van der Waals surface area contributed by atoms with E-state index in [1.54, 1.807) is 31.2 Å². The molecule has 3 aromatic carbocycles. The Kier molecular flexibility index (Phi) is 5.09. The van der Waals surface area contributed by atoms with Crippen molar-refractivity contribution in [1.82, 2.24) is 0 Å². The Bertz CT molecular complexity index is 878. The van der Waals surface area contributed by atoms with Gasteiger partial charge < -0.3 is 10.1 Å². The highest BCUT2D eigenvalue weighted by Gasteiger charge is 2.12. The van der Waals surface area contributed by atoms with Crippen LogP contribution in [-0.2, 0) is 6.61 Å². The molecule has 25 heavy (non-hydrogen) atoms. The number of carbonyl (C=O) groups excluding carboxylic acids is 1. The van der Waals surface area contributed by atoms with Gasteiger partial charge in [-0.2, -0.15) is 0 Å². The number of para-hydroxylation sites is 1. The van der Waals surface area contributed by atoms with Crippen molar-refractivity contribution in [3.05, 3.63) is 95.3 Å². The van der Waals surface area contributed by atoms with E-state index in [4.69, 9.17) is 4.74 Å². The van der Waals surface area contributed by atoms with Gasteiger partial charge in [0.05, 0.1) is 0 Å². The first-order valence-corrected chi connectivity index (χ1v) is 7.97. The van der Waals surface area contributed by atoms with Gasteiger partial charge in [-0.05, 0) is 42.8 Å². The summed E-state index contributed by atoms with van der Waals surface area (Å²) in [7, 11) is 0. The fourth-order valence-electron chi connectivity index (χ4n) is 2.41. The SMILES string of the molecule is Cc1ccc(NC(=O)c2ccccc2COc2ccccc2)cc1F. The largest absolute Gasteiger partial charge is 0.489 e. The molecule has 4 heteroatoms. The average molecular weight is 335 g/mol. The molecule has 3 nitrogen and oxygen atoms in total. The Morgan fingerprint density at radius 3 is 2.48 bits per heavy atom. The van der Waals surface area contributed by atoms with Crippen LogP contribution in [0.2, 0.25) is 0 Å². The molecule has 3 rings (SSSR count). The summed E-state index contributed by atoms with van der Waals surface area (Å²) < 4.78 is 19.4. The van der Waals surface area contributed by atoms with Crippen molar-refractivity contribution in [2.45, 2.75) is 13.5 Å². The maximum atomic E-state index is 13.6. The molecular weight excluding hydrogens is 317 g/mol. The second-order valence-electron chi connectivity index (χ2n) is 5.68. The number of ether oxygens (including phenoxy) is 1. The molecule has 0 atom stereocenters. The Balaban J connectivity index is 1.75. The Hall–Kier alpha value is -3.14. The van der Waals surface area contributed by atoms with Crippen LogP contribution in [-0.4, -0.2) is 5.91 Å². The zero-order chi connectivity index (χ0) is 17.6. The molecule has 0 aromatic heterocycles. The lowest BCUT2D eigenvalue weighted by molar-refractivity contribution is 0.102. The molecule has 0 heterocycles. The maximum absolute atomic E-state index is 13.6. The van der Waals surface area contributed by atoms with E-state index in [-0.39, 0.29) is 18.3 Å². The second-order valence-corrected chi connectivity index (χ2v) is 5.68. The number of benzene rings is 3. The van der Waals surface area contributed by atoms with Gasteiger partial charge in [0.1, 0.15) is 18.2 Å². The van der Waals surface area contributed by atoms with Crippen LogP contribution in [0, 0.1) is 12.7 Å². The lowest BCUT2D eigenvalue weighted by Gasteiger charge is -2.12. The van der Waals surface area contributed by atoms with E-state index in [1.807, 2.05) is 42.5 Å². The van der Waals surface area contributed by atoms with E-state index in [9.17, 15) is 9.18 Å². The molecule has 126 valence electrons. The molecular formula is C21H18FNO2. The topological polar surface area (TPSA) is 38.3 Å². The van der Waals surface area contributed by atoms with Crippen molar-refractivity contribution in [2.24, 2.45) is 0 Å². The maximum Gasteiger partial charge on any atom is 0.256 e. The molecule has 0 saturated heterocycles. The summed E-state index contributed by atoms with van der Waals surface area (Å²) in [6, 6.07) is 21.2. The van der Waals surface area contributed by atoms with E-state index in [0.717, 1.165) is 11.3 Å². The molecule has 0 bridgehead atoms. The zero-order valence-electron chi connectivity index (χ0n) is 13.8. The third-order valence-corrected chi connectivity index (χ3v) is 3.83. The predicted molar refractivity (Wildman–Crippen MR) is 96.3 cm³/mol. The number of anilines is 1. The number of hydrogen-bond acceptors (Lipinski definition) is 2. The molecule has 0 saturated carbocycles. The average Bonchev–Trinajstić information content (AvgIpc) is 2.64. The first-order valence-electron chi connectivity index (χ1n) is 7.97. The standard InChI is InChI=1S/C21H18FNO2/c1-15-11-12-17(13-20(15)22)23-21(24)19-10-6-5-7-16(19)14-25-18-8-3-2-4-9-18/h2-13H,14H2,1H3,(H,23,24). The third kappa shape index (κ3) is 4.23. The van der Waals surface area contributed by atoms with Gasteiger partial charge in [-0.1, -0.05) is 42.5 Å². The van der Waals surface area contributed by atoms with Crippen LogP contribution in [0.3, 0.4) is 0 Å². The van der Waals surface area contributed by atoms with E-state index in [0.29, 0.717) is 16.8 Å². The molecule has 1 amide bonds. The summed E-state index contributed by atoms with van der Waals surface area (Å²) in [5.74, 6) is 0.0901. The molecule has 0 aliphatic carbocycles. The highest BCUT2D eigenvalue weighted by Crippen LogP contribution is 2.18. The number of rotatable bonds is 5. The van der Waals surface area contributed by atoms with Crippen LogP contribution in [0.1, 0.15) is 21.5 Å². The first kappa shape index (κ1) is 16.7. The number of hydrogen-bond donors (Lipinski definition) is 1. The van der Waals surface area contributed by atoms with Gasteiger partial charge in [-0.3, -0.25) is 4.79 Å². The van der Waals surface area contributed by atoms with Crippen molar-refractivity contribution in [1.29, 1.82) is 0 Å². The summed E-state index contributed by atoms with van der Waals surface area (Å²) in [6.45, 7) is 1.95. The molecule has 0 aliphatic rings. The summed E-state index contributed by atoms with van der Waals surface area (Å²) in [4.78, 5) is 12.6. The van der Waals surface area contributed by atoms with Gasteiger partial charge >= 0.3 is 0 Å². The summed E-state index contributed by atoms with van der Waals surface area (Å²) in [5, 5.41) is 2.73. The summed E-state index contributed by atoms with van der Waals surface area (Å²) >= 11 is 0. The molecule has 0 spiro atoms.